The molecule has 0 aromatic heterocycles. The molecule has 1 N–H and O–H groups in total. The lowest BCUT2D eigenvalue weighted by Gasteiger charge is -2.24. The van der Waals surface area contributed by atoms with E-state index < -0.39 is 0 Å². The van der Waals surface area contributed by atoms with Crippen molar-refractivity contribution in [2.75, 3.05) is 0 Å². The molecule has 1 nitrogen and oxygen atoms in total. The predicted octanol–water partition coefficient (Wildman–Crippen LogP) is 5.77. The van der Waals surface area contributed by atoms with Crippen LogP contribution in [0.1, 0.15) is 89.4 Å². The van der Waals surface area contributed by atoms with Crippen LogP contribution < -0.4 is 0 Å². The minimum absolute atomic E-state index is 0.227. The number of hydrogen-bond acceptors (Lipinski definition) is 1. The Hall–Kier alpha value is -0.820. The normalized spacial score (nSPS) is 19.2. The van der Waals surface area contributed by atoms with Crippen molar-refractivity contribution in [3.63, 3.8) is 0 Å². The maximum Gasteiger partial charge on any atom is 0.0792 e. The van der Waals surface area contributed by atoms with Crippen molar-refractivity contribution in [2.24, 2.45) is 5.92 Å². The number of aliphatic hydroxyl groups excluding tert-OH is 1. The molecule has 0 aliphatic heterocycles. The van der Waals surface area contributed by atoms with Gasteiger partial charge in [0.15, 0.2) is 0 Å². The summed E-state index contributed by atoms with van der Waals surface area (Å²) in [7, 11) is 0. The molecule has 0 bridgehead atoms. The van der Waals surface area contributed by atoms with E-state index in [4.69, 9.17) is 0 Å². The van der Waals surface area contributed by atoms with Crippen molar-refractivity contribution >= 4 is 0 Å². The van der Waals surface area contributed by atoms with Crippen LogP contribution >= 0.6 is 0 Å². The summed E-state index contributed by atoms with van der Waals surface area (Å²) in [6, 6.07) is 8.67. The lowest BCUT2D eigenvalue weighted by molar-refractivity contribution is 0.139. The fourth-order valence-electron chi connectivity index (χ4n) is 3.41. The van der Waals surface area contributed by atoms with E-state index in [1.165, 1.54) is 44.1 Å². The number of aliphatic hydroxyl groups is 1. The highest BCUT2D eigenvalue weighted by Gasteiger charge is 2.20. The summed E-state index contributed by atoms with van der Waals surface area (Å²) >= 11 is 0. The molecule has 1 aliphatic rings. The third-order valence-electron chi connectivity index (χ3n) is 5.49. The third kappa shape index (κ3) is 4.57. The van der Waals surface area contributed by atoms with E-state index in [0.29, 0.717) is 5.92 Å². The van der Waals surface area contributed by atoms with Crippen molar-refractivity contribution in [2.45, 2.75) is 83.7 Å². The van der Waals surface area contributed by atoms with Gasteiger partial charge < -0.3 is 5.11 Å². The van der Waals surface area contributed by atoms with Crippen LogP contribution in [0.25, 0.3) is 0 Å². The van der Waals surface area contributed by atoms with Crippen molar-refractivity contribution in [3.05, 3.63) is 35.4 Å². The number of benzene rings is 1. The molecule has 21 heavy (non-hydrogen) atoms. The standard InChI is InChI=1S/C20H32O/c1-4-20(2,3)18-13-11-17(12-14-18)19(21)15-16-9-7-5-6-8-10-16/h11-14,16,19,21H,4-10,15H2,1-3H3. The Morgan fingerprint density at radius 2 is 1.62 bits per heavy atom. The SMILES string of the molecule is CCC(C)(C)c1ccc(C(O)CC2CCCCCC2)cc1. The highest BCUT2D eigenvalue weighted by molar-refractivity contribution is 5.29. The molecule has 118 valence electrons. The van der Waals surface area contributed by atoms with Gasteiger partial charge in [-0.1, -0.05) is 83.6 Å². The summed E-state index contributed by atoms with van der Waals surface area (Å²) in [5, 5.41) is 10.5. The minimum atomic E-state index is -0.285. The molecule has 2 rings (SSSR count). The van der Waals surface area contributed by atoms with Crippen LogP contribution in [0.15, 0.2) is 24.3 Å². The summed E-state index contributed by atoms with van der Waals surface area (Å²) in [5.41, 5.74) is 2.69. The van der Waals surface area contributed by atoms with Crippen molar-refractivity contribution < 1.29 is 5.11 Å². The van der Waals surface area contributed by atoms with Crippen LogP contribution in [0, 0.1) is 5.92 Å². The Kier molecular flexibility index (Phi) is 5.87. The van der Waals surface area contributed by atoms with Crippen LogP contribution in [0.4, 0.5) is 0 Å². The second-order valence-corrected chi connectivity index (χ2v) is 7.47. The average molecular weight is 288 g/mol. The Morgan fingerprint density at radius 1 is 1.05 bits per heavy atom. The van der Waals surface area contributed by atoms with Gasteiger partial charge in [0, 0.05) is 0 Å². The molecule has 1 heteroatoms. The van der Waals surface area contributed by atoms with Crippen molar-refractivity contribution in [1.29, 1.82) is 0 Å². The molecule has 0 amide bonds. The molecule has 0 spiro atoms. The van der Waals surface area contributed by atoms with Crippen molar-refractivity contribution in [3.8, 4) is 0 Å². The molecule has 1 aromatic carbocycles. The molecule has 0 radical (unpaired) electrons. The first-order chi connectivity index (χ1) is 10.0. The first-order valence-corrected chi connectivity index (χ1v) is 8.81. The maximum atomic E-state index is 10.5. The van der Waals surface area contributed by atoms with Gasteiger partial charge in [0.1, 0.15) is 0 Å². The monoisotopic (exact) mass is 288 g/mol. The average Bonchev–Trinajstić information content (AvgIpc) is 2.76. The quantitative estimate of drug-likeness (QED) is 0.682. The number of rotatable bonds is 5. The third-order valence-corrected chi connectivity index (χ3v) is 5.49. The zero-order chi connectivity index (χ0) is 15.3. The molecule has 1 aliphatic carbocycles. The number of hydrogen-bond donors (Lipinski definition) is 1. The summed E-state index contributed by atoms with van der Waals surface area (Å²) in [5.74, 6) is 0.717. The first kappa shape index (κ1) is 16.5. The highest BCUT2D eigenvalue weighted by atomic mass is 16.3. The fraction of sp³-hybridized carbons (Fsp3) is 0.700. The van der Waals surface area contributed by atoms with Gasteiger partial charge in [-0.25, -0.2) is 0 Å². The van der Waals surface area contributed by atoms with E-state index in [1.807, 2.05) is 0 Å². The maximum absolute atomic E-state index is 10.5. The van der Waals surface area contributed by atoms with Gasteiger partial charge in [0.2, 0.25) is 0 Å². The molecule has 1 atom stereocenters. The Labute approximate surface area is 130 Å². The van der Waals surface area contributed by atoms with E-state index in [1.54, 1.807) is 0 Å². The largest absolute Gasteiger partial charge is 0.388 e. The molecular formula is C20H32O. The van der Waals surface area contributed by atoms with Crippen LogP contribution in [-0.2, 0) is 5.41 Å². The van der Waals surface area contributed by atoms with Crippen LogP contribution in [-0.4, -0.2) is 5.11 Å². The van der Waals surface area contributed by atoms with Gasteiger partial charge >= 0.3 is 0 Å². The molecule has 1 aromatic rings. The Balaban J connectivity index is 1.97. The van der Waals surface area contributed by atoms with Gasteiger partial charge in [0.25, 0.3) is 0 Å². The molecule has 1 fully saturated rings. The Morgan fingerprint density at radius 3 is 2.14 bits per heavy atom. The Bertz CT molecular complexity index is 410. The minimum Gasteiger partial charge on any atom is -0.388 e. The zero-order valence-corrected chi connectivity index (χ0v) is 14.1. The van der Waals surface area contributed by atoms with E-state index in [0.717, 1.165) is 18.4 Å². The lowest BCUT2D eigenvalue weighted by atomic mass is 9.81. The van der Waals surface area contributed by atoms with E-state index in [9.17, 15) is 5.11 Å². The summed E-state index contributed by atoms with van der Waals surface area (Å²) in [6.45, 7) is 6.79. The molecular weight excluding hydrogens is 256 g/mol. The molecule has 0 heterocycles. The summed E-state index contributed by atoms with van der Waals surface area (Å²) in [6.07, 6.45) is 9.86. The smallest absolute Gasteiger partial charge is 0.0792 e. The van der Waals surface area contributed by atoms with Gasteiger partial charge in [-0.2, -0.15) is 0 Å². The summed E-state index contributed by atoms with van der Waals surface area (Å²) < 4.78 is 0. The van der Waals surface area contributed by atoms with Crippen LogP contribution in [0.2, 0.25) is 0 Å². The summed E-state index contributed by atoms with van der Waals surface area (Å²) in [4.78, 5) is 0. The zero-order valence-electron chi connectivity index (χ0n) is 14.1. The fourth-order valence-corrected chi connectivity index (χ4v) is 3.41. The topological polar surface area (TPSA) is 20.2 Å². The van der Waals surface area contributed by atoms with Gasteiger partial charge in [0.05, 0.1) is 6.10 Å². The first-order valence-electron chi connectivity index (χ1n) is 8.81. The van der Waals surface area contributed by atoms with E-state index in [-0.39, 0.29) is 11.5 Å². The predicted molar refractivity (Wildman–Crippen MR) is 90.5 cm³/mol. The molecule has 0 saturated heterocycles. The second kappa shape index (κ2) is 7.45. The van der Waals surface area contributed by atoms with Gasteiger partial charge in [-0.15, -0.1) is 0 Å². The molecule has 1 unspecified atom stereocenters. The highest BCUT2D eigenvalue weighted by Crippen LogP contribution is 2.32. The second-order valence-electron chi connectivity index (χ2n) is 7.47. The van der Waals surface area contributed by atoms with Gasteiger partial charge in [-0.3, -0.25) is 0 Å². The van der Waals surface area contributed by atoms with Crippen molar-refractivity contribution in [1.82, 2.24) is 0 Å². The van der Waals surface area contributed by atoms with E-state index in [2.05, 4.69) is 45.0 Å². The van der Waals surface area contributed by atoms with Gasteiger partial charge in [-0.05, 0) is 35.3 Å². The van der Waals surface area contributed by atoms with Crippen LogP contribution in [0.3, 0.4) is 0 Å². The van der Waals surface area contributed by atoms with Crippen LogP contribution in [0.5, 0.6) is 0 Å². The molecule has 1 saturated carbocycles. The van der Waals surface area contributed by atoms with E-state index >= 15 is 0 Å². The lowest BCUT2D eigenvalue weighted by Crippen LogP contribution is -2.15.